The molecule has 1 aromatic carbocycles. The maximum Gasteiger partial charge on any atom is 0.176 e. The summed E-state index contributed by atoms with van der Waals surface area (Å²) in [7, 11) is 0. The summed E-state index contributed by atoms with van der Waals surface area (Å²) in [6.45, 7) is 7.48. The van der Waals surface area contributed by atoms with Gasteiger partial charge in [0.2, 0.25) is 0 Å². The summed E-state index contributed by atoms with van der Waals surface area (Å²) in [6, 6.07) is 8.28. The Labute approximate surface area is 133 Å². The second kappa shape index (κ2) is 8.51. The third kappa shape index (κ3) is 6.34. The van der Waals surface area contributed by atoms with Crippen LogP contribution in [0.2, 0.25) is 0 Å². The second-order valence-electron chi connectivity index (χ2n) is 6.51. The molecule has 2 N–H and O–H groups in total. The normalized spacial score (nSPS) is 17.5. The Kier molecular flexibility index (Phi) is 6.68. The highest BCUT2D eigenvalue weighted by molar-refractivity contribution is 5.27. The molecule has 4 heteroatoms. The molecule has 0 amide bonds. The highest BCUT2D eigenvalue weighted by atomic mass is 16.5. The molecule has 4 nitrogen and oxygen atoms in total. The maximum atomic E-state index is 9.77. The molecular weight excluding hydrogens is 278 g/mol. The third-order valence-electron chi connectivity index (χ3n) is 3.71. The van der Waals surface area contributed by atoms with Crippen molar-refractivity contribution in [2.45, 2.75) is 58.4 Å². The molecule has 2 atom stereocenters. The van der Waals surface area contributed by atoms with Gasteiger partial charge in [0, 0.05) is 12.6 Å². The summed E-state index contributed by atoms with van der Waals surface area (Å²) in [6.07, 6.45) is 2.63. The van der Waals surface area contributed by atoms with Gasteiger partial charge in [0.05, 0.1) is 6.61 Å². The van der Waals surface area contributed by atoms with Gasteiger partial charge >= 0.3 is 0 Å². The number of ether oxygens (including phenoxy) is 2. The first-order valence-electron chi connectivity index (χ1n) is 8.32. The van der Waals surface area contributed by atoms with Crippen LogP contribution in [0.5, 0.6) is 5.75 Å². The van der Waals surface area contributed by atoms with E-state index in [1.54, 1.807) is 6.92 Å². The fourth-order valence-electron chi connectivity index (χ4n) is 2.21. The van der Waals surface area contributed by atoms with E-state index >= 15 is 0 Å². The molecule has 2 unspecified atom stereocenters. The first kappa shape index (κ1) is 17.3. The number of rotatable bonds is 10. The maximum absolute atomic E-state index is 9.77. The molecule has 0 saturated heterocycles. The number of aliphatic hydroxyl groups excluding tert-OH is 1. The van der Waals surface area contributed by atoms with Crippen molar-refractivity contribution in [1.29, 1.82) is 0 Å². The van der Waals surface area contributed by atoms with E-state index in [1.165, 1.54) is 18.4 Å². The van der Waals surface area contributed by atoms with Gasteiger partial charge in [-0.1, -0.05) is 12.1 Å². The summed E-state index contributed by atoms with van der Waals surface area (Å²) in [4.78, 5) is 0. The van der Waals surface area contributed by atoms with E-state index in [1.807, 2.05) is 26.0 Å². The van der Waals surface area contributed by atoms with Gasteiger partial charge < -0.3 is 14.6 Å². The SMILES string of the molecule is CC(C)NC(Oc1ccc(CCOCC2CC2)cc1)C(C)O. The van der Waals surface area contributed by atoms with Gasteiger partial charge in [-0.2, -0.15) is 0 Å². The summed E-state index contributed by atoms with van der Waals surface area (Å²) in [5, 5.41) is 13.0. The zero-order chi connectivity index (χ0) is 15.9. The molecule has 0 aromatic heterocycles. The third-order valence-corrected chi connectivity index (χ3v) is 3.71. The van der Waals surface area contributed by atoms with Crippen molar-refractivity contribution in [3.05, 3.63) is 29.8 Å². The van der Waals surface area contributed by atoms with Crippen molar-refractivity contribution in [2.24, 2.45) is 5.92 Å². The Balaban J connectivity index is 1.76. The highest BCUT2D eigenvalue weighted by Gasteiger charge is 2.21. The van der Waals surface area contributed by atoms with Gasteiger partial charge in [-0.05, 0) is 63.6 Å². The van der Waals surface area contributed by atoms with E-state index in [4.69, 9.17) is 9.47 Å². The monoisotopic (exact) mass is 307 g/mol. The zero-order valence-electron chi connectivity index (χ0n) is 13.9. The van der Waals surface area contributed by atoms with Crippen molar-refractivity contribution in [2.75, 3.05) is 13.2 Å². The number of hydrogen-bond donors (Lipinski definition) is 2. The molecule has 1 saturated carbocycles. The molecule has 1 aliphatic carbocycles. The topological polar surface area (TPSA) is 50.7 Å². The Morgan fingerprint density at radius 3 is 2.41 bits per heavy atom. The van der Waals surface area contributed by atoms with E-state index in [0.717, 1.165) is 31.3 Å². The lowest BCUT2D eigenvalue weighted by Gasteiger charge is -2.25. The van der Waals surface area contributed by atoms with Crippen LogP contribution in [0.1, 0.15) is 39.2 Å². The molecule has 1 fully saturated rings. The predicted octanol–water partition coefficient (Wildman–Crippen LogP) is 2.74. The first-order valence-corrected chi connectivity index (χ1v) is 8.32. The van der Waals surface area contributed by atoms with E-state index in [-0.39, 0.29) is 6.04 Å². The van der Waals surface area contributed by atoms with Crippen LogP contribution in [0.4, 0.5) is 0 Å². The highest BCUT2D eigenvalue weighted by Crippen LogP contribution is 2.28. The van der Waals surface area contributed by atoms with Crippen LogP contribution in [-0.4, -0.2) is 36.7 Å². The van der Waals surface area contributed by atoms with E-state index < -0.39 is 12.3 Å². The standard InChI is InChI=1S/C18H29NO3/c1-13(2)19-18(14(3)20)22-17-8-6-15(7-9-17)10-11-21-12-16-4-5-16/h6-9,13-14,16,18-20H,4-5,10-12H2,1-3H3. The molecule has 0 aliphatic heterocycles. The van der Waals surface area contributed by atoms with Crippen molar-refractivity contribution in [1.82, 2.24) is 5.32 Å². The Bertz CT molecular complexity index is 426. The quantitative estimate of drug-likeness (QED) is 0.515. The Hall–Kier alpha value is -1.10. The molecule has 2 rings (SSSR count). The molecule has 0 radical (unpaired) electrons. The van der Waals surface area contributed by atoms with Gasteiger partial charge in [0.25, 0.3) is 0 Å². The zero-order valence-corrected chi connectivity index (χ0v) is 13.9. The van der Waals surface area contributed by atoms with Crippen molar-refractivity contribution in [3.63, 3.8) is 0 Å². The van der Waals surface area contributed by atoms with Crippen LogP contribution >= 0.6 is 0 Å². The lowest BCUT2D eigenvalue weighted by molar-refractivity contribution is 0.0218. The number of aliphatic hydroxyl groups is 1. The van der Waals surface area contributed by atoms with Crippen LogP contribution in [0.3, 0.4) is 0 Å². The summed E-state index contributed by atoms with van der Waals surface area (Å²) < 4.78 is 11.5. The van der Waals surface area contributed by atoms with Gasteiger partial charge in [0.1, 0.15) is 11.9 Å². The second-order valence-corrected chi connectivity index (χ2v) is 6.51. The average molecular weight is 307 g/mol. The molecule has 0 bridgehead atoms. The molecule has 22 heavy (non-hydrogen) atoms. The van der Waals surface area contributed by atoms with E-state index in [9.17, 15) is 5.11 Å². The van der Waals surface area contributed by atoms with Crippen LogP contribution in [0.15, 0.2) is 24.3 Å². The first-order chi connectivity index (χ1) is 10.5. The molecule has 1 aliphatic rings. The van der Waals surface area contributed by atoms with Gasteiger partial charge in [0.15, 0.2) is 6.23 Å². The summed E-state index contributed by atoms with van der Waals surface area (Å²) in [5.74, 6) is 1.59. The lowest BCUT2D eigenvalue weighted by atomic mass is 10.1. The van der Waals surface area contributed by atoms with E-state index in [2.05, 4.69) is 17.4 Å². The lowest BCUT2D eigenvalue weighted by Crippen LogP contribution is -2.46. The Morgan fingerprint density at radius 1 is 1.18 bits per heavy atom. The van der Waals surface area contributed by atoms with Gasteiger partial charge in [-0.3, -0.25) is 5.32 Å². The minimum absolute atomic E-state index is 0.252. The van der Waals surface area contributed by atoms with Gasteiger partial charge in [-0.15, -0.1) is 0 Å². The fourth-order valence-corrected chi connectivity index (χ4v) is 2.21. The van der Waals surface area contributed by atoms with E-state index in [0.29, 0.717) is 0 Å². The minimum atomic E-state index is -0.571. The summed E-state index contributed by atoms with van der Waals surface area (Å²) >= 11 is 0. The largest absolute Gasteiger partial charge is 0.473 e. The Morgan fingerprint density at radius 2 is 1.86 bits per heavy atom. The molecule has 124 valence electrons. The molecule has 1 aromatic rings. The summed E-state index contributed by atoms with van der Waals surface area (Å²) in [5.41, 5.74) is 1.24. The van der Waals surface area contributed by atoms with Crippen LogP contribution < -0.4 is 10.1 Å². The van der Waals surface area contributed by atoms with Gasteiger partial charge in [-0.25, -0.2) is 0 Å². The van der Waals surface area contributed by atoms with Crippen molar-refractivity contribution in [3.8, 4) is 5.75 Å². The predicted molar refractivity (Wildman–Crippen MR) is 88.1 cm³/mol. The number of nitrogens with one attached hydrogen (secondary N) is 1. The van der Waals surface area contributed by atoms with Crippen LogP contribution in [0.25, 0.3) is 0 Å². The van der Waals surface area contributed by atoms with Crippen molar-refractivity contribution < 1.29 is 14.6 Å². The molecule has 0 heterocycles. The van der Waals surface area contributed by atoms with Crippen molar-refractivity contribution >= 4 is 0 Å². The van der Waals surface area contributed by atoms with Crippen LogP contribution in [-0.2, 0) is 11.2 Å². The average Bonchev–Trinajstić information content (AvgIpc) is 3.28. The number of benzene rings is 1. The smallest absolute Gasteiger partial charge is 0.176 e. The number of hydrogen-bond acceptors (Lipinski definition) is 4. The minimum Gasteiger partial charge on any atom is -0.473 e. The molecule has 0 spiro atoms. The fraction of sp³-hybridized carbons (Fsp3) is 0.667. The van der Waals surface area contributed by atoms with Crippen LogP contribution in [0, 0.1) is 5.92 Å². The molecular formula is C18H29NO3.